The fourth-order valence-electron chi connectivity index (χ4n) is 4.47. The summed E-state index contributed by atoms with van der Waals surface area (Å²) in [6.45, 7) is 2.49. The molecule has 0 aliphatic carbocycles. The van der Waals surface area contributed by atoms with Crippen LogP contribution in [0.5, 0.6) is 0 Å². The van der Waals surface area contributed by atoms with E-state index in [4.69, 9.17) is 0 Å². The van der Waals surface area contributed by atoms with E-state index in [0.717, 1.165) is 35.6 Å². The summed E-state index contributed by atoms with van der Waals surface area (Å²) in [5, 5.41) is 13.8. The Morgan fingerprint density at radius 1 is 0.844 bits per heavy atom. The van der Waals surface area contributed by atoms with Crippen LogP contribution >= 0.6 is 0 Å². The SMILES string of the molecule is CCCC1N(c2ccccc2)C2=C(N(c3ccccc3)[S+]([O-])N(c3ccccc3)C2)[NH+]1[O-]. The van der Waals surface area contributed by atoms with Crippen molar-refractivity contribution in [1.29, 1.82) is 0 Å². The molecule has 0 saturated carbocycles. The van der Waals surface area contributed by atoms with Crippen molar-refractivity contribution in [2.45, 2.75) is 25.9 Å². The van der Waals surface area contributed by atoms with Crippen LogP contribution in [0.15, 0.2) is 103 Å². The number of nitrogens with one attached hydrogen (secondary N) is 1. The van der Waals surface area contributed by atoms with Gasteiger partial charge in [0.1, 0.15) is 12.2 Å². The van der Waals surface area contributed by atoms with Gasteiger partial charge in [0, 0.05) is 12.1 Å². The Balaban J connectivity index is 1.69. The largest absolute Gasteiger partial charge is 0.626 e. The van der Waals surface area contributed by atoms with Crippen molar-refractivity contribution in [3.8, 4) is 0 Å². The first-order chi connectivity index (χ1) is 15.7. The lowest BCUT2D eigenvalue weighted by Gasteiger charge is -2.37. The summed E-state index contributed by atoms with van der Waals surface area (Å²) in [6.07, 6.45) is 1.32. The average Bonchev–Trinajstić information content (AvgIpc) is 3.12. The molecule has 3 unspecified atom stereocenters. The Hall–Kier alpha value is -2.97. The summed E-state index contributed by atoms with van der Waals surface area (Å²) in [4.78, 5) is 2.16. The Kier molecular flexibility index (Phi) is 5.80. The van der Waals surface area contributed by atoms with Crippen molar-refractivity contribution >= 4 is 28.6 Å². The summed E-state index contributed by atoms with van der Waals surface area (Å²) >= 11 is -1.58. The molecule has 0 radical (unpaired) electrons. The molecule has 6 nitrogen and oxygen atoms in total. The van der Waals surface area contributed by atoms with E-state index >= 15 is 0 Å². The van der Waals surface area contributed by atoms with Gasteiger partial charge in [0.25, 0.3) is 5.82 Å². The van der Waals surface area contributed by atoms with Crippen LogP contribution in [0.25, 0.3) is 0 Å². The number of quaternary nitrogens is 1. The fourth-order valence-corrected chi connectivity index (χ4v) is 5.86. The highest BCUT2D eigenvalue weighted by atomic mass is 32.2. The maximum atomic E-state index is 13.9. The zero-order chi connectivity index (χ0) is 22.1. The second kappa shape index (κ2) is 8.88. The van der Waals surface area contributed by atoms with E-state index < -0.39 is 11.5 Å². The highest BCUT2D eigenvalue weighted by Crippen LogP contribution is 2.38. The summed E-state index contributed by atoms with van der Waals surface area (Å²) in [5.41, 5.74) is 3.49. The van der Waals surface area contributed by atoms with Crippen molar-refractivity contribution in [1.82, 2.24) is 0 Å². The van der Waals surface area contributed by atoms with E-state index in [9.17, 15) is 9.76 Å². The van der Waals surface area contributed by atoms with Gasteiger partial charge < -0.3 is 14.8 Å². The van der Waals surface area contributed by atoms with Gasteiger partial charge in [-0.2, -0.15) is 4.31 Å². The number of anilines is 3. The standard InChI is InChI=1S/C25H26N4O2S/c1-2-12-24-27(21-15-8-4-9-16-21)23-19-26(20-13-6-3-7-14-20)32(31)29(25(23)28(24)30)22-17-10-5-11-18-22/h3-11,13-18,24,28H,2,12,19H2,1H3. The minimum absolute atomic E-state index is 0.0376. The third-order valence-corrected chi connectivity index (χ3v) is 7.31. The van der Waals surface area contributed by atoms with Gasteiger partial charge in [0.2, 0.25) is 11.5 Å². The van der Waals surface area contributed by atoms with E-state index in [1.165, 1.54) is 0 Å². The quantitative estimate of drug-likeness (QED) is 0.477. The number of hydrogen-bond donors (Lipinski definition) is 1. The minimum atomic E-state index is -1.58. The maximum Gasteiger partial charge on any atom is 0.275 e. The van der Waals surface area contributed by atoms with Gasteiger partial charge in [-0.25, -0.2) is 0 Å². The molecule has 0 saturated heterocycles. The molecule has 0 fully saturated rings. The van der Waals surface area contributed by atoms with Gasteiger partial charge in [-0.15, -0.1) is 0 Å². The van der Waals surface area contributed by atoms with Crippen molar-refractivity contribution in [3.05, 3.63) is 108 Å². The fraction of sp³-hybridized carbons (Fsp3) is 0.200. The molecular formula is C25H26N4O2S. The smallest absolute Gasteiger partial charge is 0.275 e. The number of rotatable bonds is 5. The zero-order valence-corrected chi connectivity index (χ0v) is 18.7. The van der Waals surface area contributed by atoms with Gasteiger partial charge in [0.15, 0.2) is 6.17 Å². The van der Waals surface area contributed by atoms with Crippen LogP contribution in [-0.4, -0.2) is 17.3 Å². The first-order valence-electron chi connectivity index (χ1n) is 10.9. The predicted octanol–water partition coefficient (Wildman–Crippen LogP) is 3.79. The molecule has 0 bridgehead atoms. The molecule has 164 valence electrons. The lowest BCUT2D eigenvalue weighted by molar-refractivity contribution is -0.828. The highest BCUT2D eigenvalue weighted by Gasteiger charge is 2.52. The summed E-state index contributed by atoms with van der Waals surface area (Å²) in [7, 11) is 0. The molecule has 0 amide bonds. The number of nitrogens with zero attached hydrogens (tertiary/aromatic N) is 3. The maximum absolute atomic E-state index is 13.9. The van der Waals surface area contributed by atoms with Crippen LogP contribution in [0.3, 0.4) is 0 Å². The molecule has 7 heteroatoms. The Bertz CT molecular complexity index is 1080. The first kappa shape index (κ1) is 20.9. The van der Waals surface area contributed by atoms with Crippen LogP contribution in [0, 0.1) is 5.21 Å². The van der Waals surface area contributed by atoms with E-state index in [1.54, 1.807) is 4.31 Å². The molecule has 0 spiro atoms. The molecule has 5 rings (SSSR count). The second-order valence-electron chi connectivity index (χ2n) is 7.90. The lowest BCUT2D eigenvalue weighted by Crippen LogP contribution is -3.11. The molecule has 3 atom stereocenters. The van der Waals surface area contributed by atoms with Gasteiger partial charge in [-0.05, 0) is 42.8 Å². The van der Waals surface area contributed by atoms with E-state index in [2.05, 4.69) is 11.8 Å². The number of hydrogen-bond acceptors (Lipinski definition) is 5. The molecule has 1 N–H and O–H groups in total. The van der Waals surface area contributed by atoms with Crippen LogP contribution in [0.2, 0.25) is 0 Å². The first-order valence-corrected chi connectivity index (χ1v) is 12.0. The zero-order valence-electron chi connectivity index (χ0n) is 17.9. The van der Waals surface area contributed by atoms with Gasteiger partial charge >= 0.3 is 0 Å². The molecule has 32 heavy (non-hydrogen) atoms. The van der Waals surface area contributed by atoms with Crippen molar-refractivity contribution in [2.75, 3.05) is 20.1 Å². The van der Waals surface area contributed by atoms with E-state index in [0.29, 0.717) is 12.4 Å². The molecule has 3 aromatic carbocycles. The molecule has 3 aromatic rings. The summed E-state index contributed by atoms with van der Waals surface area (Å²) < 4.78 is 17.5. The van der Waals surface area contributed by atoms with Gasteiger partial charge in [-0.1, -0.05) is 65.8 Å². The topological polar surface area (TPSA) is 60.3 Å². The highest BCUT2D eigenvalue weighted by molar-refractivity contribution is 7.94. The van der Waals surface area contributed by atoms with Crippen LogP contribution in [0.1, 0.15) is 19.8 Å². The molecular weight excluding hydrogens is 420 g/mol. The van der Waals surface area contributed by atoms with Gasteiger partial charge in [0.05, 0.1) is 11.4 Å². The molecule has 2 heterocycles. The average molecular weight is 447 g/mol. The van der Waals surface area contributed by atoms with E-state index in [1.807, 2.05) is 95.3 Å². The van der Waals surface area contributed by atoms with Gasteiger partial charge in [-0.3, -0.25) is 4.90 Å². The van der Waals surface area contributed by atoms with Crippen molar-refractivity contribution < 1.29 is 9.62 Å². The third-order valence-electron chi connectivity index (χ3n) is 5.88. The second-order valence-corrected chi connectivity index (χ2v) is 9.17. The Labute approximate surface area is 192 Å². The van der Waals surface area contributed by atoms with E-state index in [-0.39, 0.29) is 11.2 Å². The monoisotopic (exact) mass is 446 g/mol. The lowest BCUT2D eigenvalue weighted by atomic mass is 10.2. The summed E-state index contributed by atoms with van der Waals surface area (Å²) in [6, 6.07) is 29.3. The number of benzene rings is 3. The number of para-hydroxylation sites is 3. The molecule has 2 aliphatic rings. The predicted molar refractivity (Wildman–Crippen MR) is 130 cm³/mol. The Morgan fingerprint density at radius 2 is 1.38 bits per heavy atom. The van der Waals surface area contributed by atoms with Crippen LogP contribution in [0.4, 0.5) is 17.1 Å². The normalized spacial score (nSPS) is 23.0. The Morgan fingerprint density at radius 3 is 1.94 bits per heavy atom. The number of hydroxylamine groups is 2. The molecule has 2 aliphatic heterocycles. The minimum Gasteiger partial charge on any atom is -0.626 e. The van der Waals surface area contributed by atoms with Crippen LogP contribution in [-0.2, 0) is 11.5 Å². The van der Waals surface area contributed by atoms with Crippen molar-refractivity contribution in [2.24, 2.45) is 0 Å². The van der Waals surface area contributed by atoms with Crippen molar-refractivity contribution in [3.63, 3.8) is 0 Å². The van der Waals surface area contributed by atoms with Crippen LogP contribution < -0.4 is 18.6 Å². The molecule has 0 aromatic heterocycles. The summed E-state index contributed by atoms with van der Waals surface area (Å²) in [5.74, 6) is 0.545. The third kappa shape index (κ3) is 3.53.